The predicted octanol–water partition coefficient (Wildman–Crippen LogP) is 5.28. The van der Waals surface area contributed by atoms with Crippen molar-refractivity contribution in [3.8, 4) is 5.75 Å². The van der Waals surface area contributed by atoms with E-state index in [1.165, 1.54) is 23.1 Å². The second-order valence-corrected chi connectivity index (χ2v) is 13.7. The summed E-state index contributed by atoms with van der Waals surface area (Å²) in [6, 6.07) is 7.83. The molecule has 1 aliphatic rings. The number of benzene rings is 1. The Kier molecular flexibility index (Phi) is 7.83. The molecule has 0 unspecified atom stereocenters. The summed E-state index contributed by atoms with van der Waals surface area (Å²) >= 11 is 2.96. The zero-order valence-electron chi connectivity index (χ0n) is 21.7. The Morgan fingerprint density at radius 2 is 1.65 bits per heavy atom. The molecule has 0 amide bonds. The average Bonchev–Trinajstić information content (AvgIpc) is 3.21. The van der Waals surface area contributed by atoms with Crippen molar-refractivity contribution in [3.05, 3.63) is 35.3 Å². The predicted molar refractivity (Wildman–Crippen MR) is 139 cm³/mol. The molecule has 0 aliphatic carbocycles. The quantitative estimate of drug-likeness (QED) is 0.275. The van der Waals surface area contributed by atoms with E-state index in [4.69, 9.17) is 18.8 Å². The summed E-state index contributed by atoms with van der Waals surface area (Å²) in [7, 11) is -0.380. The summed E-state index contributed by atoms with van der Waals surface area (Å²) in [6.07, 6.45) is 0.683. The van der Waals surface area contributed by atoms with Gasteiger partial charge in [0.15, 0.2) is 4.34 Å². The van der Waals surface area contributed by atoms with Gasteiger partial charge in [0.2, 0.25) is 0 Å². The first-order chi connectivity index (χ1) is 15.6. The van der Waals surface area contributed by atoms with E-state index < -0.39 is 10.3 Å². The van der Waals surface area contributed by atoms with Gasteiger partial charge in [0.25, 0.3) is 0 Å². The number of thiazole rings is 1. The molecule has 0 atom stereocenters. The summed E-state index contributed by atoms with van der Waals surface area (Å²) in [5.41, 5.74) is 0.684. The summed E-state index contributed by atoms with van der Waals surface area (Å²) in [4.78, 5) is 17.1. The van der Waals surface area contributed by atoms with Gasteiger partial charge < -0.3 is 18.8 Å². The highest BCUT2D eigenvalue weighted by Crippen LogP contribution is 2.37. The van der Waals surface area contributed by atoms with Crippen LogP contribution < -0.4 is 10.2 Å². The molecule has 186 valence electrons. The van der Waals surface area contributed by atoms with Gasteiger partial charge in [0.05, 0.1) is 23.5 Å². The van der Waals surface area contributed by atoms with Crippen molar-refractivity contribution in [1.82, 2.24) is 4.98 Å². The van der Waals surface area contributed by atoms with Gasteiger partial charge in [-0.05, 0) is 79.9 Å². The highest BCUT2D eigenvalue weighted by molar-refractivity contribution is 8.03. The van der Waals surface area contributed by atoms with E-state index in [1.54, 1.807) is 0 Å². The van der Waals surface area contributed by atoms with Crippen LogP contribution in [0.3, 0.4) is 0 Å². The minimum atomic E-state index is -0.710. The molecule has 0 bridgehead atoms. The van der Waals surface area contributed by atoms with Crippen molar-refractivity contribution in [2.24, 2.45) is 0 Å². The number of aromatic nitrogens is 1. The van der Waals surface area contributed by atoms with Gasteiger partial charge in [-0.25, -0.2) is 4.98 Å². The van der Waals surface area contributed by atoms with E-state index in [0.29, 0.717) is 13.0 Å². The normalized spacial score (nSPS) is 17.6. The molecule has 0 saturated carbocycles. The molecule has 2 heterocycles. The largest absolute Gasteiger partial charge is 0.494 e. The lowest BCUT2D eigenvalue weighted by Gasteiger charge is -2.32. The fourth-order valence-corrected chi connectivity index (χ4v) is 5.35. The molecular weight excluding hydrogens is 469 g/mol. The molecule has 9 heteroatoms. The van der Waals surface area contributed by atoms with E-state index in [1.807, 2.05) is 92.0 Å². The average molecular weight is 506 g/mol. The third-order valence-electron chi connectivity index (χ3n) is 5.80. The van der Waals surface area contributed by atoms with E-state index in [0.717, 1.165) is 21.2 Å². The van der Waals surface area contributed by atoms with Crippen molar-refractivity contribution in [3.63, 3.8) is 0 Å². The van der Waals surface area contributed by atoms with Crippen LogP contribution in [0.25, 0.3) is 0 Å². The molecule has 3 rings (SSSR count). The lowest BCUT2D eigenvalue weighted by molar-refractivity contribution is -0.156. The Hall–Kier alpha value is -1.55. The molecule has 0 spiro atoms. The molecule has 0 N–H and O–H groups in total. The van der Waals surface area contributed by atoms with Crippen LogP contribution in [0, 0.1) is 0 Å². The molecule has 1 aromatic carbocycles. The summed E-state index contributed by atoms with van der Waals surface area (Å²) in [5.74, 6) is 0.546. The number of carbonyl (C=O) groups is 1. The number of thioether (sulfide) groups is 1. The Balaban J connectivity index is 1.49. The number of ether oxygens (including phenoxy) is 2. The smallest absolute Gasteiger partial charge is 0.493 e. The minimum Gasteiger partial charge on any atom is -0.493 e. The molecule has 1 aromatic heterocycles. The van der Waals surface area contributed by atoms with Crippen molar-refractivity contribution in [2.45, 2.75) is 94.6 Å². The van der Waals surface area contributed by atoms with Crippen LogP contribution in [-0.2, 0) is 25.3 Å². The van der Waals surface area contributed by atoms with Gasteiger partial charge in [0.1, 0.15) is 16.1 Å². The van der Waals surface area contributed by atoms with Gasteiger partial charge in [-0.2, -0.15) is 0 Å². The minimum absolute atomic E-state index is 0.242. The lowest BCUT2D eigenvalue weighted by Crippen LogP contribution is -2.41. The van der Waals surface area contributed by atoms with E-state index >= 15 is 0 Å². The monoisotopic (exact) mass is 505 g/mol. The van der Waals surface area contributed by atoms with Gasteiger partial charge in [-0.15, -0.1) is 11.3 Å². The number of esters is 1. The van der Waals surface area contributed by atoms with Gasteiger partial charge in [0, 0.05) is 11.8 Å². The van der Waals surface area contributed by atoms with E-state index in [-0.39, 0.29) is 24.3 Å². The Bertz CT molecular complexity index is 979. The molecule has 2 aromatic rings. The fourth-order valence-electron chi connectivity index (χ4n) is 3.08. The first kappa shape index (κ1) is 27.0. The van der Waals surface area contributed by atoms with Crippen molar-refractivity contribution in [2.75, 3.05) is 6.61 Å². The molecular formula is C25H36BNO5S2. The van der Waals surface area contributed by atoms with Gasteiger partial charge >= 0.3 is 13.1 Å². The second-order valence-electron chi connectivity index (χ2n) is 11.0. The van der Waals surface area contributed by atoms with Crippen LogP contribution in [-0.4, -0.2) is 46.2 Å². The van der Waals surface area contributed by atoms with Crippen LogP contribution in [0.2, 0.25) is 0 Å². The van der Waals surface area contributed by atoms with Crippen molar-refractivity contribution in [1.29, 1.82) is 0 Å². The summed E-state index contributed by atoms with van der Waals surface area (Å²) in [5, 5.41) is 2.01. The highest BCUT2D eigenvalue weighted by atomic mass is 32.2. The van der Waals surface area contributed by atoms with E-state index in [2.05, 4.69) is 4.98 Å². The maximum atomic E-state index is 12.5. The standard InChI is InChI=1S/C25H36BNO5S2/c1-22(2,3)30-20(28)23(4,5)34-21-27-18(16-33-21)14-15-29-19-12-10-17(11-13-19)26-31-24(6,7)25(8,9)32-26/h10-13,16H,14-15H2,1-9H3. The van der Waals surface area contributed by atoms with Crippen molar-refractivity contribution < 1.29 is 23.6 Å². The van der Waals surface area contributed by atoms with Crippen LogP contribution >= 0.6 is 23.1 Å². The molecule has 0 radical (unpaired) electrons. The Morgan fingerprint density at radius 1 is 1.06 bits per heavy atom. The highest BCUT2D eigenvalue weighted by Gasteiger charge is 2.51. The number of hydrogen-bond donors (Lipinski definition) is 0. The zero-order valence-corrected chi connectivity index (χ0v) is 23.3. The summed E-state index contributed by atoms with van der Waals surface area (Å²) < 4.78 is 23.8. The Morgan fingerprint density at radius 3 is 2.21 bits per heavy atom. The maximum absolute atomic E-state index is 12.5. The molecule has 1 aliphatic heterocycles. The van der Waals surface area contributed by atoms with Crippen LogP contribution in [0.5, 0.6) is 5.75 Å². The Labute approximate surface area is 212 Å². The maximum Gasteiger partial charge on any atom is 0.494 e. The number of hydrogen-bond acceptors (Lipinski definition) is 8. The molecule has 1 saturated heterocycles. The first-order valence-corrected chi connectivity index (χ1v) is 13.2. The van der Waals surface area contributed by atoms with Crippen molar-refractivity contribution >= 4 is 41.6 Å². The number of nitrogens with zero attached hydrogens (tertiary/aromatic N) is 1. The third-order valence-corrected chi connectivity index (χ3v) is 7.96. The van der Waals surface area contributed by atoms with Gasteiger partial charge in [-0.3, -0.25) is 4.79 Å². The lowest BCUT2D eigenvalue weighted by atomic mass is 9.79. The zero-order chi connectivity index (χ0) is 25.4. The number of carbonyl (C=O) groups excluding carboxylic acids is 1. The molecule has 1 fully saturated rings. The first-order valence-electron chi connectivity index (χ1n) is 11.5. The van der Waals surface area contributed by atoms with E-state index in [9.17, 15) is 4.79 Å². The van der Waals surface area contributed by atoms with Crippen LogP contribution in [0.15, 0.2) is 34.0 Å². The SMILES string of the molecule is CC(C)(C)OC(=O)C(C)(C)Sc1nc(CCOc2ccc(B3OC(C)(C)C(C)(C)O3)cc2)cs1. The van der Waals surface area contributed by atoms with Crippen LogP contribution in [0.4, 0.5) is 0 Å². The topological polar surface area (TPSA) is 66.9 Å². The third kappa shape index (κ3) is 6.77. The summed E-state index contributed by atoms with van der Waals surface area (Å²) in [6.45, 7) is 18.0. The molecule has 6 nitrogen and oxygen atoms in total. The second kappa shape index (κ2) is 9.84. The molecule has 34 heavy (non-hydrogen) atoms. The number of rotatable bonds is 8. The van der Waals surface area contributed by atoms with Crippen LogP contribution in [0.1, 0.15) is 68.0 Å². The fraction of sp³-hybridized carbons (Fsp3) is 0.600. The van der Waals surface area contributed by atoms with Gasteiger partial charge in [-0.1, -0.05) is 23.9 Å².